The van der Waals surface area contributed by atoms with Gasteiger partial charge in [0.1, 0.15) is 12.0 Å². The number of likely N-dealkylation sites (tertiary alicyclic amines) is 1. The summed E-state index contributed by atoms with van der Waals surface area (Å²) in [5, 5.41) is 9.75. The van der Waals surface area contributed by atoms with Crippen LogP contribution in [0.4, 0.5) is 17.6 Å². The molecule has 7 atom stereocenters. The molecule has 7 nitrogen and oxygen atoms in total. The smallest absolute Gasteiger partial charge is 0.369 e. The van der Waals surface area contributed by atoms with Gasteiger partial charge in [0.05, 0.1) is 18.0 Å². The molecule has 2 aliphatic heterocycles. The summed E-state index contributed by atoms with van der Waals surface area (Å²) in [5.74, 6) is -3.49. The Morgan fingerprint density at radius 2 is 1.81 bits per heavy atom. The van der Waals surface area contributed by atoms with E-state index < -0.39 is 47.7 Å². The van der Waals surface area contributed by atoms with Crippen LogP contribution in [0.1, 0.15) is 46.0 Å². The number of piperidine rings is 1. The monoisotopic (exact) mass is 452 g/mol. The van der Waals surface area contributed by atoms with Crippen LogP contribution in [0.2, 0.25) is 0 Å². The predicted octanol–water partition coefficient (Wildman–Crippen LogP) is 0.998. The lowest BCUT2D eigenvalue weighted by atomic mass is 9.72. The van der Waals surface area contributed by atoms with Gasteiger partial charge >= 0.3 is 6.18 Å². The molecule has 7 N–H and O–H groups in total. The van der Waals surface area contributed by atoms with E-state index in [1.165, 1.54) is 13.8 Å². The molecule has 0 aromatic rings. The van der Waals surface area contributed by atoms with Gasteiger partial charge in [-0.1, -0.05) is 0 Å². The molecular formula is C20H36F4N6O. The minimum Gasteiger partial charge on any atom is -0.369 e. The molecule has 1 amide bonds. The van der Waals surface area contributed by atoms with Crippen LogP contribution in [-0.4, -0.2) is 66.8 Å². The van der Waals surface area contributed by atoms with Gasteiger partial charge < -0.3 is 11.5 Å². The number of amides is 1. The number of halogens is 4. The van der Waals surface area contributed by atoms with Gasteiger partial charge in [-0.15, -0.1) is 0 Å². The fraction of sp³-hybridized carbons (Fsp3) is 0.950. The summed E-state index contributed by atoms with van der Waals surface area (Å²) in [4.78, 5) is 14.1. The molecule has 0 aromatic carbocycles. The second-order valence-electron chi connectivity index (χ2n) is 9.93. The van der Waals surface area contributed by atoms with Crippen molar-refractivity contribution in [3.8, 4) is 0 Å². The summed E-state index contributed by atoms with van der Waals surface area (Å²) in [6.07, 6.45) is -3.48. The Balaban J connectivity index is 1.73. The van der Waals surface area contributed by atoms with E-state index in [0.717, 1.165) is 19.4 Å². The highest BCUT2D eigenvalue weighted by atomic mass is 19.4. The first-order valence-electron chi connectivity index (χ1n) is 11.1. The molecule has 2 saturated heterocycles. The number of nitrogens with one attached hydrogen (secondary N) is 3. The lowest BCUT2D eigenvalue weighted by Gasteiger charge is -2.47. The van der Waals surface area contributed by atoms with Gasteiger partial charge in [0.25, 0.3) is 0 Å². The van der Waals surface area contributed by atoms with E-state index in [1.54, 1.807) is 0 Å². The summed E-state index contributed by atoms with van der Waals surface area (Å²) in [6, 6.07) is -0.529. The van der Waals surface area contributed by atoms with Crippen molar-refractivity contribution in [1.82, 2.24) is 20.9 Å². The molecule has 6 unspecified atom stereocenters. The van der Waals surface area contributed by atoms with Crippen LogP contribution >= 0.6 is 0 Å². The molecule has 180 valence electrons. The molecule has 1 aliphatic carbocycles. The van der Waals surface area contributed by atoms with Gasteiger partial charge in [-0.05, 0) is 51.9 Å². The Kier molecular flexibility index (Phi) is 7.52. The molecule has 1 saturated carbocycles. The molecule has 3 aliphatic rings. The number of rotatable bonds is 5. The zero-order chi connectivity index (χ0) is 23.0. The van der Waals surface area contributed by atoms with Crippen molar-refractivity contribution in [3.63, 3.8) is 0 Å². The van der Waals surface area contributed by atoms with Gasteiger partial charge in [-0.2, -0.15) is 13.2 Å². The molecule has 0 aromatic heterocycles. The second kappa shape index (κ2) is 9.46. The third-order valence-corrected chi connectivity index (χ3v) is 7.05. The van der Waals surface area contributed by atoms with Crippen molar-refractivity contribution < 1.29 is 22.4 Å². The van der Waals surface area contributed by atoms with Crippen LogP contribution in [-0.2, 0) is 4.79 Å². The summed E-state index contributed by atoms with van der Waals surface area (Å²) < 4.78 is 55.2. The van der Waals surface area contributed by atoms with Gasteiger partial charge in [-0.3, -0.25) is 25.6 Å². The number of carbonyl (C=O) groups is 1. The fourth-order valence-corrected chi connectivity index (χ4v) is 5.18. The Morgan fingerprint density at radius 3 is 2.39 bits per heavy atom. The van der Waals surface area contributed by atoms with Gasteiger partial charge in [0, 0.05) is 31.7 Å². The summed E-state index contributed by atoms with van der Waals surface area (Å²) >= 11 is 0. The van der Waals surface area contributed by atoms with Crippen molar-refractivity contribution in [2.45, 2.75) is 82.3 Å². The molecule has 3 fully saturated rings. The van der Waals surface area contributed by atoms with Crippen molar-refractivity contribution in [2.24, 2.45) is 29.2 Å². The van der Waals surface area contributed by atoms with E-state index in [2.05, 4.69) is 20.9 Å². The maximum atomic E-state index is 14.6. The lowest BCUT2D eigenvalue weighted by Crippen LogP contribution is -2.72. The number of nitrogens with zero attached hydrogens (tertiary/aromatic N) is 1. The predicted molar refractivity (Wildman–Crippen MR) is 109 cm³/mol. The van der Waals surface area contributed by atoms with E-state index in [9.17, 15) is 22.4 Å². The van der Waals surface area contributed by atoms with E-state index in [0.29, 0.717) is 13.1 Å². The Labute approximate surface area is 181 Å². The summed E-state index contributed by atoms with van der Waals surface area (Å²) in [6.45, 7) is 4.46. The zero-order valence-electron chi connectivity index (χ0n) is 18.2. The zero-order valence-corrected chi connectivity index (χ0v) is 18.2. The molecule has 0 bridgehead atoms. The SMILES string of the molecule is CC(C)(F)C1CC(NC2NC(N3CCC[C@H](N)C3)NCC2C(N)=O)CC(C(F)(F)F)C1. The average Bonchev–Trinajstić information content (AvgIpc) is 2.66. The van der Waals surface area contributed by atoms with Gasteiger partial charge in [-0.25, -0.2) is 4.39 Å². The summed E-state index contributed by atoms with van der Waals surface area (Å²) in [5.41, 5.74) is 9.92. The quantitative estimate of drug-likeness (QED) is 0.399. The number of primary amides is 1. The third-order valence-electron chi connectivity index (χ3n) is 7.05. The van der Waals surface area contributed by atoms with Gasteiger partial charge in [0.15, 0.2) is 0 Å². The van der Waals surface area contributed by atoms with E-state index in [4.69, 9.17) is 11.5 Å². The molecular weight excluding hydrogens is 416 g/mol. The highest BCUT2D eigenvalue weighted by Gasteiger charge is 2.49. The fourth-order valence-electron chi connectivity index (χ4n) is 5.18. The largest absolute Gasteiger partial charge is 0.391 e. The van der Waals surface area contributed by atoms with Crippen LogP contribution in [0.3, 0.4) is 0 Å². The van der Waals surface area contributed by atoms with Crippen LogP contribution in [0.25, 0.3) is 0 Å². The highest BCUT2D eigenvalue weighted by Crippen LogP contribution is 2.44. The van der Waals surface area contributed by atoms with Crippen LogP contribution < -0.4 is 27.4 Å². The van der Waals surface area contributed by atoms with Crippen LogP contribution in [0.5, 0.6) is 0 Å². The van der Waals surface area contributed by atoms with Crippen LogP contribution in [0, 0.1) is 17.8 Å². The maximum absolute atomic E-state index is 14.6. The Morgan fingerprint density at radius 1 is 1.13 bits per heavy atom. The second-order valence-corrected chi connectivity index (χ2v) is 9.93. The van der Waals surface area contributed by atoms with Crippen molar-refractivity contribution in [2.75, 3.05) is 19.6 Å². The first-order valence-corrected chi connectivity index (χ1v) is 11.1. The van der Waals surface area contributed by atoms with Crippen LogP contribution in [0.15, 0.2) is 0 Å². The third kappa shape index (κ3) is 6.28. The lowest BCUT2D eigenvalue weighted by molar-refractivity contribution is -0.192. The number of hydrogen-bond donors (Lipinski definition) is 5. The Bertz CT molecular complexity index is 606. The summed E-state index contributed by atoms with van der Waals surface area (Å²) in [7, 11) is 0. The first-order chi connectivity index (χ1) is 14.3. The molecule has 31 heavy (non-hydrogen) atoms. The molecule has 0 spiro atoms. The van der Waals surface area contributed by atoms with Gasteiger partial charge in [0.2, 0.25) is 5.91 Å². The normalized spacial score (nSPS) is 38.7. The molecule has 2 heterocycles. The maximum Gasteiger partial charge on any atom is 0.391 e. The van der Waals surface area contributed by atoms with E-state index in [-0.39, 0.29) is 31.6 Å². The number of carbonyl (C=O) groups excluding carboxylic acids is 1. The Hall–Kier alpha value is -1.01. The van der Waals surface area contributed by atoms with Crippen molar-refractivity contribution >= 4 is 5.91 Å². The minimum absolute atomic E-state index is 0.0519. The minimum atomic E-state index is -4.39. The first kappa shape index (κ1) is 24.6. The van der Waals surface area contributed by atoms with Crippen molar-refractivity contribution in [1.29, 1.82) is 0 Å². The number of alkyl halides is 4. The number of nitrogens with two attached hydrogens (primary N) is 2. The average molecular weight is 453 g/mol. The molecule has 11 heteroatoms. The topological polar surface area (TPSA) is 108 Å². The molecule has 3 rings (SSSR count). The number of hydrogen-bond acceptors (Lipinski definition) is 6. The highest BCUT2D eigenvalue weighted by molar-refractivity contribution is 5.77. The van der Waals surface area contributed by atoms with E-state index >= 15 is 0 Å². The van der Waals surface area contributed by atoms with Crippen molar-refractivity contribution in [3.05, 3.63) is 0 Å². The molecule has 0 radical (unpaired) electrons. The van der Waals surface area contributed by atoms with E-state index in [1.807, 2.05) is 0 Å². The standard InChI is InChI=1S/C20H36F4N6O/c1-19(2,21)11-6-12(20(22,23)24)8-14(7-11)28-17-15(16(26)31)9-27-18(29-17)30-5-3-4-13(25)10-30/h11-15,17-18,27-29H,3-10,25H2,1-2H3,(H2,26,31)/t11?,12?,13-,14?,15?,17?,18?/m0/s1.